The van der Waals surface area contributed by atoms with Gasteiger partial charge in [-0.15, -0.1) is 0 Å². The van der Waals surface area contributed by atoms with Gasteiger partial charge in [-0.3, -0.25) is 14.3 Å². The molecular formula is C14H22N2O6. The Morgan fingerprint density at radius 2 is 2.32 bits per heavy atom. The smallest absolute Gasteiger partial charge is 0.328 e. The van der Waals surface area contributed by atoms with Crippen LogP contribution in [-0.4, -0.2) is 59.9 Å². The molecule has 0 radical (unpaired) electrons. The van der Waals surface area contributed by atoms with Crippen LogP contribution < -0.4 is 11.2 Å². The zero-order chi connectivity index (χ0) is 17.0. The van der Waals surface area contributed by atoms with E-state index in [9.17, 15) is 14.7 Å². The molecule has 0 saturated carbocycles. The number of hydrogen-bond acceptors (Lipinski definition) is 6. The van der Waals surface area contributed by atoms with Gasteiger partial charge in [-0.1, -0.05) is 0 Å². The highest BCUT2D eigenvalue weighted by molar-refractivity contribution is 5.03. The molecule has 1 aromatic rings. The fourth-order valence-corrected chi connectivity index (χ4v) is 2.40. The highest BCUT2D eigenvalue weighted by atomic mass is 16.6. The molecule has 0 aliphatic carbocycles. The Labute approximate surface area is 129 Å². The third kappa shape index (κ3) is 3.46. The van der Waals surface area contributed by atoms with Gasteiger partial charge in [-0.25, -0.2) is 4.79 Å². The minimum Gasteiger partial charge on any atom is -0.388 e. The van der Waals surface area contributed by atoms with Gasteiger partial charge in [-0.2, -0.15) is 0 Å². The molecule has 8 nitrogen and oxygen atoms in total. The summed E-state index contributed by atoms with van der Waals surface area (Å²) in [5, 5.41) is 10.4. The lowest BCUT2D eigenvalue weighted by molar-refractivity contribution is -0.176. The molecule has 1 aromatic heterocycles. The fourth-order valence-electron chi connectivity index (χ4n) is 2.40. The highest BCUT2D eigenvalue weighted by Gasteiger charge is 2.39. The number of aromatic nitrogens is 2. The van der Waals surface area contributed by atoms with Crippen molar-refractivity contribution in [1.29, 1.82) is 0 Å². The predicted molar refractivity (Wildman–Crippen MR) is 78.1 cm³/mol. The van der Waals surface area contributed by atoms with Crippen LogP contribution in [0.5, 0.6) is 0 Å². The Balaban J connectivity index is 2.32. The number of methoxy groups -OCH3 is 1. The molecular weight excluding hydrogens is 292 g/mol. The van der Waals surface area contributed by atoms with Gasteiger partial charge in [-0.05, 0) is 13.8 Å². The van der Waals surface area contributed by atoms with Crippen molar-refractivity contribution < 1.29 is 20.7 Å². The Hall–Kier alpha value is -1.48. The summed E-state index contributed by atoms with van der Waals surface area (Å²) in [5.74, 6) is 0. The Bertz CT molecular complexity index is 630. The van der Waals surface area contributed by atoms with Crippen molar-refractivity contribution in [3.8, 4) is 0 Å². The maximum atomic E-state index is 12.1. The van der Waals surface area contributed by atoms with Gasteiger partial charge < -0.3 is 19.3 Å². The average molecular weight is 315 g/mol. The summed E-state index contributed by atoms with van der Waals surface area (Å²) < 4.78 is 24.8. The number of aryl methyl sites for hydroxylation is 1. The SMILES string of the molecule is [2H]C[C@H]1OC[C@@H](n2cc(C)c(=O)[nH]c2=O)[C@H](OCCOC)[C@@H]1O. The number of aromatic amines is 1. The average Bonchev–Trinajstić information content (AvgIpc) is 2.52. The molecule has 2 rings (SSSR count). The number of ether oxygens (including phenoxy) is 3. The van der Waals surface area contributed by atoms with E-state index < -0.39 is 35.6 Å². The van der Waals surface area contributed by atoms with Crippen LogP contribution in [-0.2, 0) is 14.2 Å². The molecule has 1 fully saturated rings. The molecule has 124 valence electrons. The van der Waals surface area contributed by atoms with Crippen LogP contribution in [0, 0.1) is 6.92 Å². The summed E-state index contributed by atoms with van der Waals surface area (Å²) in [6.07, 6.45) is -1.05. The monoisotopic (exact) mass is 315 g/mol. The summed E-state index contributed by atoms with van der Waals surface area (Å²) in [6, 6.07) is -0.604. The number of H-pyrrole nitrogens is 1. The summed E-state index contributed by atoms with van der Waals surface area (Å²) in [6.45, 7) is 2.14. The Kier molecular flexibility index (Phi) is 5.04. The van der Waals surface area contributed by atoms with Crippen molar-refractivity contribution in [2.24, 2.45) is 0 Å². The summed E-state index contributed by atoms with van der Waals surface area (Å²) in [5.41, 5.74) is -0.673. The van der Waals surface area contributed by atoms with E-state index in [1.165, 1.54) is 17.9 Å². The predicted octanol–water partition coefficient (Wildman–Crippen LogP) is -0.803. The van der Waals surface area contributed by atoms with E-state index in [0.29, 0.717) is 12.2 Å². The van der Waals surface area contributed by atoms with E-state index in [1.807, 2.05) is 0 Å². The van der Waals surface area contributed by atoms with Crippen molar-refractivity contribution in [2.45, 2.75) is 38.2 Å². The lowest BCUT2D eigenvalue weighted by Gasteiger charge is -2.39. The van der Waals surface area contributed by atoms with Crippen molar-refractivity contribution in [2.75, 3.05) is 26.9 Å². The van der Waals surface area contributed by atoms with E-state index in [2.05, 4.69) is 4.98 Å². The van der Waals surface area contributed by atoms with Crippen LogP contribution in [0.3, 0.4) is 0 Å². The fraction of sp³-hybridized carbons (Fsp3) is 0.714. The van der Waals surface area contributed by atoms with E-state index in [0.717, 1.165) is 0 Å². The second-order valence-corrected chi connectivity index (χ2v) is 5.24. The van der Waals surface area contributed by atoms with Gasteiger partial charge in [0.1, 0.15) is 12.2 Å². The molecule has 0 unspecified atom stereocenters. The minimum absolute atomic E-state index is 0.101. The maximum Gasteiger partial charge on any atom is 0.328 e. The van der Waals surface area contributed by atoms with Crippen LogP contribution in [0.2, 0.25) is 0 Å². The number of aliphatic hydroxyl groups is 1. The quantitative estimate of drug-likeness (QED) is 0.690. The molecule has 1 aliphatic rings. The Morgan fingerprint density at radius 3 is 3.00 bits per heavy atom. The highest BCUT2D eigenvalue weighted by Crippen LogP contribution is 2.26. The van der Waals surface area contributed by atoms with Crippen LogP contribution in [0.4, 0.5) is 0 Å². The molecule has 0 spiro atoms. The second-order valence-electron chi connectivity index (χ2n) is 5.24. The van der Waals surface area contributed by atoms with Gasteiger partial charge in [0.15, 0.2) is 0 Å². The van der Waals surface area contributed by atoms with Crippen LogP contribution >= 0.6 is 0 Å². The van der Waals surface area contributed by atoms with Gasteiger partial charge >= 0.3 is 5.69 Å². The van der Waals surface area contributed by atoms with E-state index in [-0.39, 0.29) is 20.1 Å². The number of aliphatic hydroxyl groups excluding tert-OH is 1. The number of rotatable bonds is 5. The molecule has 0 amide bonds. The van der Waals surface area contributed by atoms with Crippen molar-refractivity contribution in [1.82, 2.24) is 9.55 Å². The third-order valence-corrected chi connectivity index (χ3v) is 3.68. The first kappa shape index (κ1) is 15.4. The van der Waals surface area contributed by atoms with Crippen molar-refractivity contribution in [3.05, 3.63) is 32.6 Å². The summed E-state index contributed by atoms with van der Waals surface area (Å²) >= 11 is 0. The second kappa shape index (κ2) is 7.19. The van der Waals surface area contributed by atoms with Crippen LogP contribution in [0.25, 0.3) is 0 Å². The summed E-state index contributed by atoms with van der Waals surface area (Å²) in [7, 11) is 1.53. The molecule has 0 aromatic carbocycles. The summed E-state index contributed by atoms with van der Waals surface area (Å²) in [4.78, 5) is 25.8. The first-order valence-corrected chi connectivity index (χ1v) is 7.01. The van der Waals surface area contributed by atoms with Crippen molar-refractivity contribution >= 4 is 0 Å². The number of nitrogens with zero attached hydrogens (tertiary/aromatic N) is 1. The molecule has 1 aliphatic heterocycles. The molecule has 1 saturated heterocycles. The third-order valence-electron chi connectivity index (χ3n) is 3.68. The largest absolute Gasteiger partial charge is 0.388 e. The molecule has 2 heterocycles. The first-order valence-electron chi connectivity index (χ1n) is 7.71. The lowest BCUT2D eigenvalue weighted by atomic mass is 9.98. The molecule has 4 atom stereocenters. The van der Waals surface area contributed by atoms with Gasteiger partial charge in [0.25, 0.3) is 5.56 Å². The molecule has 0 bridgehead atoms. The maximum absolute atomic E-state index is 12.1. The van der Waals surface area contributed by atoms with Gasteiger partial charge in [0.2, 0.25) is 0 Å². The Morgan fingerprint density at radius 1 is 1.55 bits per heavy atom. The van der Waals surface area contributed by atoms with Gasteiger partial charge in [0.05, 0.1) is 32.0 Å². The minimum atomic E-state index is -1.05. The van der Waals surface area contributed by atoms with E-state index in [4.69, 9.17) is 15.6 Å². The number of hydrogen-bond donors (Lipinski definition) is 2. The topological polar surface area (TPSA) is 103 Å². The first-order chi connectivity index (χ1) is 11.0. The van der Waals surface area contributed by atoms with Gasteiger partial charge in [0, 0.05) is 20.2 Å². The normalized spacial score (nSPS) is 29.3. The van der Waals surface area contributed by atoms with Crippen molar-refractivity contribution in [3.63, 3.8) is 0 Å². The standard InChI is InChI=1S/C14H22N2O6/c1-8-6-16(14(19)15-13(8)18)10-7-22-9(2)11(17)12(10)21-5-4-20-3/h6,9-12,17H,4-5,7H2,1-3H3,(H,15,18,19)/t9-,10-,11-,12+/m1/s1/i2D. The lowest BCUT2D eigenvalue weighted by Crippen LogP contribution is -2.53. The van der Waals surface area contributed by atoms with E-state index in [1.54, 1.807) is 6.92 Å². The zero-order valence-corrected chi connectivity index (χ0v) is 12.7. The van der Waals surface area contributed by atoms with Crippen LogP contribution in [0.15, 0.2) is 15.8 Å². The molecule has 2 N–H and O–H groups in total. The molecule has 8 heteroatoms. The molecule has 22 heavy (non-hydrogen) atoms. The zero-order valence-electron chi connectivity index (χ0n) is 13.7. The number of nitrogens with one attached hydrogen (secondary N) is 1. The van der Waals surface area contributed by atoms with Crippen LogP contribution in [0.1, 0.15) is 19.9 Å². The van der Waals surface area contributed by atoms with E-state index >= 15 is 0 Å².